The molecule has 1 fully saturated rings. The first-order chi connectivity index (χ1) is 10.5. The Kier molecular flexibility index (Phi) is 4.18. The summed E-state index contributed by atoms with van der Waals surface area (Å²) >= 11 is 5.87. The molecule has 1 saturated heterocycles. The molecule has 6 heteroatoms. The Morgan fingerprint density at radius 3 is 2.82 bits per heavy atom. The second-order valence-electron chi connectivity index (χ2n) is 5.76. The van der Waals surface area contributed by atoms with Crippen molar-refractivity contribution < 1.29 is 9.90 Å². The predicted octanol–water partition coefficient (Wildman–Crippen LogP) is 2.57. The summed E-state index contributed by atoms with van der Waals surface area (Å²) in [5.41, 5.74) is 2.03. The number of aliphatic hydroxyl groups excluding tert-OH is 1. The summed E-state index contributed by atoms with van der Waals surface area (Å²) in [5, 5.41) is 17.6. The van der Waals surface area contributed by atoms with E-state index in [4.69, 9.17) is 11.6 Å². The topological polar surface area (TPSA) is 69.2 Å². The molecule has 2 atom stereocenters. The zero-order valence-corrected chi connectivity index (χ0v) is 13.0. The van der Waals surface area contributed by atoms with Crippen molar-refractivity contribution in [2.45, 2.75) is 19.4 Å². The van der Waals surface area contributed by atoms with Crippen molar-refractivity contribution in [2.24, 2.45) is 5.92 Å². The molecule has 1 aliphatic heterocycles. The van der Waals surface area contributed by atoms with Gasteiger partial charge in [-0.2, -0.15) is 5.10 Å². The molecule has 5 nitrogen and oxygen atoms in total. The van der Waals surface area contributed by atoms with Gasteiger partial charge in [0.25, 0.3) is 5.91 Å². The van der Waals surface area contributed by atoms with E-state index in [0.717, 1.165) is 12.0 Å². The van der Waals surface area contributed by atoms with Crippen LogP contribution >= 0.6 is 11.6 Å². The minimum atomic E-state index is -0.462. The van der Waals surface area contributed by atoms with Crippen molar-refractivity contribution in [3.8, 4) is 11.3 Å². The van der Waals surface area contributed by atoms with E-state index in [-0.39, 0.29) is 11.8 Å². The van der Waals surface area contributed by atoms with Gasteiger partial charge in [-0.05, 0) is 30.5 Å². The fourth-order valence-corrected chi connectivity index (χ4v) is 2.73. The van der Waals surface area contributed by atoms with Crippen LogP contribution in [0.2, 0.25) is 5.02 Å². The van der Waals surface area contributed by atoms with Crippen molar-refractivity contribution in [3.05, 3.63) is 41.0 Å². The van der Waals surface area contributed by atoms with Gasteiger partial charge in [0.15, 0.2) is 0 Å². The number of hydrogen-bond donors (Lipinski definition) is 2. The third-order valence-corrected chi connectivity index (χ3v) is 4.41. The number of H-pyrrole nitrogens is 1. The number of hydrogen-bond acceptors (Lipinski definition) is 3. The Bertz CT molecular complexity index is 668. The standard InChI is InChI=1S/C16H18ClN3O2/c1-10-6-7-20(9-15(10)21)16(22)14-8-13(18-19-14)11-2-4-12(17)5-3-11/h2-5,8,10,15,21H,6-7,9H2,1H3,(H,18,19). The number of β-amino-alcohol motifs (C(OH)–C–C–N with tert-alkyl or cyclic N) is 1. The number of carbonyl (C=O) groups is 1. The molecule has 1 aromatic carbocycles. The minimum absolute atomic E-state index is 0.126. The van der Waals surface area contributed by atoms with Gasteiger partial charge in [-0.1, -0.05) is 30.7 Å². The first-order valence-electron chi connectivity index (χ1n) is 7.33. The molecule has 0 spiro atoms. The van der Waals surface area contributed by atoms with Crippen molar-refractivity contribution >= 4 is 17.5 Å². The van der Waals surface area contributed by atoms with Crippen molar-refractivity contribution in [1.82, 2.24) is 15.1 Å². The second-order valence-corrected chi connectivity index (χ2v) is 6.19. The lowest BCUT2D eigenvalue weighted by Gasteiger charge is -2.33. The Balaban J connectivity index is 1.76. The van der Waals surface area contributed by atoms with Crippen LogP contribution in [0.15, 0.2) is 30.3 Å². The highest BCUT2D eigenvalue weighted by Gasteiger charge is 2.28. The minimum Gasteiger partial charge on any atom is -0.391 e. The number of amides is 1. The van der Waals surface area contributed by atoms with Gasteiger partial charge >= 0.3 is 0 Å². The van der Waals surface area contributed by atoms with E-state index in [9.17, 15) is 9.90 Å². The Labute approximate surface area is 133 Å². The summed E-state index contributed by atoms with van der Waals surface area (Å²) in [5.74, 6) is 0.106. The lowest BCUT2D eigenvalue weighted by molar-refractivity contribution is 0.0245. The van der Waals surface area contributed by atoms with Gasteiger partial charge in [0, 0.05) is 23.7 Å². The van der Waals surface area contributed by atoms with E-state index in [1.165, 1.54) is 0 Å². The predicted molar refractivity (Wildman–Crippen MR) is 84.7 cm³/mol. The molecular weight excluding hydrogens is 302 g/mol. The van der Waals surface area contributed by atoms with Crippen LogP contribution in [0.1, 0.15) is 23.8 Å². The van der Waals surface area contributed by atoms with Gasteiger partial charge in [-0.25, -0.2) is 0 Å². The number of piperidine rings is 1. The third-order valence-electron chi connectivity index (χ3n) is 4.15. The first-order valence-corrected chi connectivity index (χ1v) is 7.71. The highest BCUT2D eigenvalue weighted by Crippen LogP contribution is 2.22. The van der Waals surface area contributed by atoms with Gasteiger partial charge in [-0.3, -0.25) is 9.89 Å². The summed E-state index contributed by atoms with van der Waals surface area (Å²) < 4.78 is 0. The van der Waals surface area contributed by atoms with Crippen molar-refractivity contribution in [1.29, 1.82) is 0 Å². The van der Waals surface area contributed by atoms with Crippen LogP contribution in [-0.2, 0) is 0 Å². The lowest BCUT2D eigenvalue weighted by atomic mass is 9.96. The van der Waals surface area contributed by atoms with E-state index < -0.39 is 6.10 Å². The summed E-state index contributed by atoms with van der Waals surface area (Å²) in [4.78, 5) is 14.1. The zero-order valence-electron chi connectivity index (χ0n) is 12.3. The highest BCUT2D eigenvalue weighted by atomic mass is 35.5. The van der Waals surface area contributed by atoms with Gasteiger partial charge in [0.2, 0.25) is 0 Å². The number of halogens is 1. The van der Waals surface area contributed by atoms with E-state index in [1.54, 1.807) is 23.1 Å². The maximum Gasteiger partial charge on any atom is 0.271 e. The molecule has 0 aliphatic carbocycles. The number of aliphatic hydroxyl groups is 1. The van der Waals surface area contributed by atoms with Crippen molar-refractivity contribution in [2.75, 3.05) is 13.1 Å². The van der Waals surface area contributed by atoms with Gasteiger partial charge in [0.1, 0.15) is 5.69 Å². The van der Waals surface area contributed by atoms with Crippen LogP contribution in [0.5, 0.6) is 0 Å². The third kappa shape index (κ3) is 3.00. The largest absolute Gasteiger partial charge is 0.391 e. The molecule has 2 aromatic rings. The molecule has 0 radical (unpaired) electrons. The normalized spacial score (nSPS) is 21.9. The first kappa shape index (κ1) is 15.1. The van der Waals surface area contributed by atoms with Gasteiger partial charge in [-0.15, -0.1) is 0 Å². The SMILES string of the molecule is CC1CCN(C(=O)c2cc(-c3ccc(Cl)cc3)n[nH]2)CC1O. The number of likely N-dealkylation sites (tertiary alicyclic amines) is 1. The fourth-order valence-electron chi connectivity index (χ4n) is 2.60. The number of nitrogens with zero attached hydrogens (tertiary/aromatic N) is 2. The maximum absolute atomic E-state index is 12.5. The van der Waals surface area contributed by atoms with Crippen LogP contribution in [-0.4, -0.2) is 45.3 Å². The Hall–Kier alpha value is -1.85. The summed E-state index contributed by atoms with van der Waals surface area (Å²) in [6.45, 7) is 3.03. The number of benzene rings is 1. The summed E-state index contributed by atoms with van der Waals surface area (Å²) in [6.07, 6.45) is 0.349. The molecule has 22 heavy (non-hydrogen) atoms. The van der Waals surface area contributed by atoms with E-state index in [1.807, 2.05) is 19.1 Å². The molecule has 116 valence electrons. The molecule has 2 heterocycles. The molecule has 2 unspecified atom stereocenters. The van der Waals surface area contributed by atoms with Crippen LogP contribution < -0.4 is 0 Å². The lowest BCUT2D eigenvalue weighted by Crippen LogP contribution is -2.45. The zero-order chi connectivity index (χ0) is 15.7. The smallest absolute Gasteiger partial charge is 0.271 e. The van der Waals surface area contributed by atoms with E-state index in [0.29, 0.717) is 29.5 Å². The average molecular weight is 320 g/mol. The van der Waals surface area contributed by atoms with Crippen LogP contribution in [0.3, 0.4) is 0 Å². The number of aromatic nitrogens is 2. The van der Waals surface area contributed by atoms with Crippen LogP contribution in [0, 0.1) is 5.92 Å². The van der Waals surface area contributed by atoms with E-state index in [2.05, 4.69) is 10.2 Å². The molecule has 2 N–H and O–H groups in total. The van der Waals surface area contributed by atoms with Crippen LogP contribution in [0.25, 0.3) is 11.3 Å². The number of rotatable bonds is 2. The fraction of sp³-hybridized carbons (Fsp3) is 0.375. The molecular formula is C16H18ClN3O2. The molecule has 0 saturated carbocycles. The Morgan fingerprint density at radius 2 is 2.14 bits per heavy atom. The molecule has 0 bridgehead atoms. The van der Waals surface area contributed by atoms with Crippen LogP contribution in [0.4, 0.5) is 0 Å². The highest BCUT2D eigenvalue weighted by molar-refractivity contribution is 6.30. The number of aromatic amines is 1. The van der Waals surface area contributed by atoms with E-state index >= 15 is 0 Å². The Morgan fingerprint density at radius 1 is 1.41 bits per heavy atom. The quantitative estimate of drug-likeness (QED) is 0.894. The van der Waals surface area contributed by atoms with Crippen molar-refractivity contribution in [3.63, 3.8) is 0 Å². The summed E-state index contributed by atoms with van der Waals surface area (Å²) in [6, 6.07) is 9.03. The molecule has 1 aliphatic rings. The number of carbonyl (C=O) groups excluding carboxylic acids is 1. The average Bonchev–Trinajstić information content (AvgIpc) is 3.00. The van der Waals surface area contributed by atoms with Gasteiger partial charge in [0.05, 0.1) is 11.8 Å². The monoisotopic (exact) mass is 319 g/mol. The summed E-state index contributed by atoms with van der Waals surface area (Å²) in [7, 11) is 0. The number of nitrogens with one attached hydrogen (secondary N) is 1. The molecule has 1 aromatic heterocycles. The molecule has 3 rings (SSSR count). The second kappa shape index (κ2) is 6.10. The maximum atomic E-state index is 12.5. The molecule has 1 amide bonds. The van der Waals surface area contributed by atoms with Gasteiger partial charge < -0.3 is 10.0 Å².